The number of para-hydroxylation sites is 2. The van der Waals surface area contributed by atoms with Gasteiger partial charge in [0.25, 0.3) is 0 Å². The first-order chi connectivity index (χ1) is 28.1. The van der Waals surface area contributed by atoms with Crippen LogP contribution in [0.5, 0.6) is 0 Å². The smallest absolute Gasteiger partial charge is 0.0649 e. The zero-order valence-corrected chi connectivity index (χ0v) is 31.8. The Hall–Kier alpha value is -7.16. The standard InChI is InChI=1S/C55H40N2/c1-55(31-15-22-43(37-55)38-16-5-2-6-17-38)57-53-26-14-12-24-48(53)50-36-42(28-30-54(50)57)41-27-29-52-49(35-41)47-23-11-13-25-51(47)56(52)46-33-44(39-18-7-3-8-19-39)32-45(34-46)40-20-9-4-10-21-40/h2-30,32-37H,31H2,1H3. The van der Waals surface area contributed by atoms with Crippen molar-refractivity contribution in [2.45, 2.75) is 18.9 Å². The molecule has 0 aliphatic heterocycles. The topological polar surface area (TPSA) is 9.86 Å². The van der Waals surface area contributed by atoms with Crippen molar-refractivity contribution in [3.05, 3.63) is 218 Å². The van der Waals surface area contributed by atoms with Gasteiger partial charge in [0.2, 0.25) is 0 Å². The third-order valence-electron chi connectivity index (χ3n) is 12.0. The van der Waals surface area contributed by atoms with E-state index in [-0.39, 0.29) is 5.54 Å². The van der Waals surface area contributed by atoms with Crippen LogP contribution in [0.2, 0.25) is 0 Å². The summed E-state index contributed by atoms with van der Waals surface area (Å²) >= 11 is 0. The van der Waals surface area contributed by atoms with Gasteiger partial charge in [-0.2, -0.15) is 0 Å². The molecule has 0 amide bonds. The minimum Gasteiger partial charge on any atom is -0.331 e. The maximum atomic E-state index is 2.57. The molecule has 2 nitrogen and oxygen atoms in total. The van der Waals surface area contributed by atoms with Crippen molar-refractivity contribution < 1.29 is 0 Å². The molecule has 0 fully saturated rings. The molecule has 0 saturated carbocycles. The first-order valence-electron chi connectivity index (χ1n) is 19.9. The Kier molecular flexibility index (Phi) is 7.72. The van der Waals surface area contributed by atoms with Gasteiger partial charge in [0, 0.05) is 38.3 Å². The number of hydrogen-bond donors (Lipinski definition) is 0. The second kappa shape index (κ2) is 13.3. The fourth-order valence-electron chi connectivity index (χ4n) is 9.30. The summed E-state index contributed by atoms with van der Waals surface area (Å²) in [7, 11) is 0. The highest BCUT2D eigenvalue weighted by Gasteiger charge is 2.29. The lowest BCUT2D eigenvalue weighted by Gasteiger charge is -2.32. The number of benzene rings is 8. The van der Waals surface area contributed by atoms with Gasteiger partial charge in [-0.1, -0.05) is 158 Å². The van der Waals surface area contributed by atoms with E-state index in [1.54, 1.807) is 0 Å². The predicted octanol–water partition coefficient (Wildman–Crippen LogP) is 14.7. The zero-order chi connectivity index (χ0) is 37.9. The molecule has 1 atom stereocenters. The third-order valence-corrected chi connectivity index (χ3v) is 12.0. The Balaban J connectivity index is 1.07. The number of allylic oxidation sites excluding steroid dienone is 4. The summed E-state index contributed by atoms with van der Waals surface area (Å²) in [5.41, 5.74) is 15.6. The molecule has 8 aromatic carbocycles. The molecule has 1 aliphatic carbocycles. The molecule has 2 heteroatoms. The summed E-state index contributed by atoms with van der Waals surface area (Å²) in [5, 5.41) is 5.06. The molecule has 0 bridgehead atoms. The molecule has 270 valence electrons. The minimum absolute atomic E-state index is 0.221. The third kappa shape index (κ3) is 5.56. The second-order valence-corrected chi connectivity index (χ2v) is 15.6. The highest BCUT2D eigenvalue weighted by atomic mass is 15.1. The van der Waals surface area contributed by atoms with Crippen molar-refractivity contribution in [3.63, 3.8) is 0 Å². The molecule has 2 heterocycles. The van der Waals surface area contributed by atoms with Crippen molar-refractivity contribution in [1.29, 1.82) is 0 Å². The number of aromatic nitrogens is 2. The van der Waals surface area contributed by atoms with E-state index in [1.165, 1.54) is 88.1 Å². The van der Waals surface area contributed by atoms with Gasteiger partial charge in [0.15, 0.2) is 0 Å². The summed E-state index contributed by atoms with van der Waals surface area (Å²) in [6.45, 7) is 2.38. The molecule has 0 saturated heterocycles. The Morgan fingerprint density at radius 1 is 0.386 bits per heavy atom. The van der Waals surface area contributed by atoms with E-state index >= 15 is 0 Å². The predicted molar refractivity (Wildman–Crippen MR) is 242 cm³/mol. The fraction of sp³-hybridized carbons (Fsp3) is 0.0545. The lowest BCUT2D eigenvalue weighted by atomic mass is 9.86. The number of nitrogens with zero attached hydrogens (tertiary/aromatic N) is 2. The van der Waals surface area contributed by atoms with E-state index < -0.39 is 0 Å². The van der Waals surface area contributed by atoms with Crippen LogP contribution in [-0.4, -0.2) is 9.13 Å². The van der Waals surface area contributed by atoms with E-state index in [0.29, 0.717) is 0 Å². The molecular formula is C55H40N2. The van der Waals surface area contributed by atoms with Crippen LogP contribution in [0.1, 0.15) is 18.9 Å². The molecule has 2 aromatic heterocycles. The average molecular weight is 729 g/mol. The first kappa shape index (κ1) is 33.2. The average Bonchev–Trinajstić information content (AvgIpc) is 3.80. The molecule has 1 aliphatic rings. The first-order valence-corrected chi connectivity index (χ1v) is 19.9. The van der Waals surface area contributed by atoms with Crippen molar-refractivity contribution in [2.75, 3.05) is 0 Å². The number of hydrogen-bond acceptors (Lipinski definition) is 0. The van der Waals surface area contributed by atoms with Gasteiger partial charge in [-0.3, -0.25) is 0 Å². The SMILES string of the molecule is CC1(n2c3ccccc3c3cc(-c4ccc5c(c4)c4ccccc4n5-c4cc(-c5ccccc5)cc(-c5ccccc5)c4)ccc32)C=C(c2ccccc2)C=CC1. The van der Waals surface area contributed by atoms with Crippen molar-refractivity contribution in [2.24, 2.45) is 0 Å². The van der Waals surface area contributed by atoms with Crippen LogP contribution in [0.15, 0.2) is 212 Å². The molecule has 1 unspecified atom stereocenters. The summed E-state index contributed by atoms with van der Waals surface area (Å²) < 4.78 is 5.01. The van der Waals surface area contributed by atoms with Crippen molar-refractivity contribution in [1.82, 2.24) is 9.13 Å². The summed E-state index contributed by atoms with van der Waals surface area (Å²) in [5.74, 6) is 0. The van der Waals surface area contributed by atoms with E-state index in [1.807, 2.05) is 0 Å². The van der Waals surface area contributed by atoms with E-state index in [0.717, 1.165) is 12.1 Å². The van der Waals surface area contributed by atoms with Gasteiger partial charge >= 0.3 is 0 Å². The van der Waals surface area contributed by atoms with Gasteiger partial charge in [-0.05, 0) is 112 Å². The molecular weight excluding hydrogens is 689 g/mol. The second-order valence-electron chi connectivity index (χ2n) is 15.6. The van der Waals surface area contributed by atoms with Crippen molar-refractivity contribution in [3.8, 4) is 39.1 Å². The van der Waals surface area contributed by atoms with Gasteiger partial charge in [0.1, 0.15) is 0 Å². The van der Waals surface area contributed by atoms with Crippen LogP contribution in [-0.2, 0) is 5.54 Å². The number of fused-ring (bicyclic) bond motifs is 6. The Morgan fingerprint density at radius 3 is 1.49 bits per heavy atom. The van der Waals surface area contributed by atoms with E-state index in [4.69, 9.17) is 0 Å². The monoisotopic (exact) mass is 728 g/mol. The summed E-state index contributed by atoms with van der Waals surface area (Å²) in [6.07, 6.45) is 8.01. The normalized spacial score (nSPS) is 15.5. The Bertz CT molecular complexity index is 3140. The van der Waals surface area contributed by atoms with Gasteiger partial charge in [-0.15, -0.1) is 0 Å². The molecule has 10 aromatic rings. The summed E-state index contributed by atoms with van der Waals surface area (Å²) in [6, 6.07) is 71.0. The Labute approximate surface area is 332 Å². The van der Waals surface area contributed by atoms with Gasteiger partial charge in [0.05, 0.1) is 16.6 Å². The summed E-state index contributed by atoms with van der Waals surface area (Å²) in [4.78, 5) is 0. The van der Waals surface area contributed by atoms with Crippen LogP contribution in [0.25, 0.3) is 88.3 Å². The Morgan fingerprint density at radius 2 is 0.860 bits per heavy atom. The molecule has 11 rings (SSSR count). The zero-order valence-electron chi connectivity index (χ0n) is 31.8. The molecule has 0 radical (unpaired) electrons. The number of rotatable bonds is 6. The van der Waals surface area contributed by atoms with E-state index in [9.17, 15) is 0 Å². The van der Waals surface area contributed by atoms with Crippen LogP contribution in [0.4, 0.5) is 0 Å². The molecule has 0 N–H and O–H groups in total. The minimum atomic E-state index is -0.221. The van der Waals surface area contributed by atoms with Crippen LogP contribution < -0.4 is 0 Å². The maximum absolute atomic E-state index is 2.57. The van der Waals surface area contributed by atoms with Crippen LogP contribution in [0, 0.1) is 0 Å². The van der Waals surface area contributed by atoms with Gasteiger partial charge in [-0.25, -0.2) is 0 Å². The van der Waals surface area contributed by atoms with Crippen LogP contribution >= 0.6 is 0 Å². The fourth-order valence-corrected chi connectivity index (χ4v) is 9.30. The van der Waals surface area contributed by atoms with Crippen molar-refractivity contribution >= 4 is 49.2 Å². The highest BCUT2D eigenvalue weighted by Crippen LogP contribution is 2.43. The quantitative estimate of drug-likeness (QED) is 0.161. The molecule has 0 spiro atoms. The molecule has 57 heavy (non-hydrogen) atoms. The lowest BCUT2D eigenvalue weighted by Crippen LogP contribution is -2.28. The van der Waals surface area contributed by atoms with E-state index in [2.05, 4.69) is 228 Å². The van der Waals surface area contributed by atoms with Crippen LogP contribution in [0.3, 0.4) is 0 Å². The maximum Gasteiger partial charge on any atom is 0.0649 e. The van der Waals surface area contributed by atoms with Gasteiger partial charge < -0.3 is 9.13 Å². The largest absolute Gasteiger partial charge is 0.331 e. The highest BCUT2D eigenvalue weighted by molar-refractivity contribution is 6.12. The lowest BCUT2D eigenvalue weighted by molar-refractivity contribution is 0.439.